The Morgan fingerprint density at radius 1 is 1.28 bits per heavy atom. The third-order valence-corrected chi connectivity index (χ3v) is 5.12. The third kappa shape index (κ3) is 2.87. The second kappa shape index (κ2) is 6.25. The fraction of sp³-hybridized carbons (Fsp3) is 0.222. The molecule has 0 N–H and O–H groups in total. The Morgan fingerprint density at radius 3 is 2.96 bits per heavy atom. The average Bonchev–Trinajstić information content (AvgIpc) is 3.19. The Kier molecular flexibility index (Phi) is 3.93. The van der Waals surface area contributed by atoms with Crippen molar-refractivity contribution in [3.63, 3.8) is 0 Å². The maximum absolute atomic E-state index is 12.4. The number of nitrogens with zero attached hydrogens (tertiary/aromatic N) is 2. The molecule has 1 aromatic heterocycles. The predicted molar refractivity (Wildman–Crippen MR) is 94.2 cm³/mol. The molecule has 3 aromatic rings. The molecule has 0 atom stereocenters. The molecule has 128 valence electrons. The summed E-state index contributed by atoms with van der Waals surface area (Å²) in [6, 6.07) is 11.3. The molecule has 1 aliphatic heterocycles. The van der Waals surface area contributed by atoms with Gasteiger partial charge in [0.1, 0.15) is 11.3 Å². The summed E-state index contributed by atoms with van der Waals surface area (Å²) < 4.78 is 18.9. The minimum Gasteiger partial charge on any atom is -0.495 e. The van der Waals surface area contributed by atoms with Crippen LogP contribution >= 0.6 is 11.3 Å². The summed E-state index contributed by atoms with van der Waals surface area (Å²) in [5.74, 6) is 1.93. The summed E-state index contributed by atoms with van der Waals surface area (Å²) >= 11 is 1.46. The fourth-order valence-electron chi connectivity index (χ4n) is 2.81. The molecule has 7 heteroatoms. The van der Waals surface area contributed by atoms with E-state index in [1.54, 1.807) is 7.11 Å². The molecule has 0 saturated carbocycles. The number of para-hydroxylation sites is 1. The summed E-state index contributed by atoms with van der Waals surface area (Å²) in [5.41, 5.74) is 1.78. The topological polar surface area (TPSA) is 62.1 Å². The lowest BCUT2D eigenvalue weighted by atomic mass is 10.1. The number of carbonyl (C=O) groups excluding carboxylic acids is 1. The number of hydrogen-bond acceptors (Lipinski definition) is 5. The second-order valence-electron chi connectivity index (χ2n) is 5.62. The molecule has 25 heavy (non-hydrogen) atoms. The first-order valence-electron chi connectivity index (χ1n) is 7.74. The molecule has 1 amide bonds. The van der Waals surface area contributed by atoms with Gasteiger partial charge in [-0.15, -0.1) is 0 Å². The maximum atomic E-state index is 12.4. The van der Waals surface area contributed by atoms with Crippen LogP contribution in [0.5, 0.6) is 17.2 Å². The largest absolute Gasteiger partial charge is 0.495 e. The van der Waals surface area contributed by atoms with Crippen LogP contribution in [0.4, 0.5) is 0 Å². The highest BCUT2D eigenvalue weighted by Crippen LogP contribution is 2.32. The number of methoxy groups -OCH3 is 1. The van der Waals surface area contributed by atoms with Crippen molar-refractivity contribution in [1.82, 2.24) is 4.57 Å². The fourth-order valence-corrected chi connectivity index (χ4v) is 3.87. The van der Waals surface area contributed by atoms with Gasteiger partial charge in [-0.1, -0.05) is 23.5 Å². The molecular weight excluding hydrogens is 340 g/mol. The number of ether oxygens (including phenoxy) is 3. The highest BCUT2D eigenvalue weighted by molar-refractivity contribution is 7.16. The van der Waals surface area contributed by atoms with Gasteiger partial charge in [-0.2, -0.15) is 4.99 Å². The maximum Gasteiger partial charge on any atom is 0.252 e. The zero-order chi connectivity index (χ0) is 17.4. The molecule has 0 fully saturated rings. The van der Waals surface area contributed by atoms with Crippen molar-refractivity contribution >= 4 is 27.5 Å². The zero-order valence-corrected chi connectivity index (χ0v) is 14.6. The van der Waals surface area contributed by atoms with Gasteiger partial charge >= 0.3 is 0 Å². The highest BCUT2D eigenvalue weighted by atomic mass is 32.1. The number of thiazole rings is 1. The van der Waals surface area contributed by atoms with E-state index in [1.807, 2.05) is 48.0 Å². The van der Waals surface area contributed by atoms with Crippen LogP contribution in [0.2, 0.25) is 0 Å². The lowest BCUT2D eigenvalue weighted by molar-refractivity contribution is -0.117. The molecular formula is C18H16N2O4S. The number of carbonyl (C=O) groups is 1. The average molecular weight is 356 g/mol. The van der Waals surface area contributed by atoms with Crippen molar-refractivity contribution in [3.05, 3.63) is 46.8 Å². The van der Waals surface area contributed by atoms with Crippen molar-refractivity contribution in [2.75, 3.05) is 13.9 Å². The molecule has 1 aliphatic rings. The smallest absolute Gasteiger partial charge is 0.252 e. The van der Waals surface area contributed by atoms with Gasteiger partial charge < -0.3 is 18.8 Å². The number of amides is 1. The van der Waals surface area contributed by atoms with E-state index in [9.17, 15) is 4.79 Å². The predicted octanol–water partition coefficient (Wildman–Crippen LogP) is 2.65. The Morgan fingerprint density at radius 2 is 2.12 bits per heavy atom. The van der Waals surface area contributed by atoms with Crippen LogP contribution < -0.4 is 19.0 Å². The van der Waals surface area contributed by atoms with Crippen molar-refractivity contribution in [2.45, 2.75) is 6.42 Å². The van der Waals surface area contributed by atoms with E-state index in [2.05, 4.69) is 4.99 Å². The van der Waals surface area contributed by atoms with Gasteiger partial charge in [0.2, 0.25) is 6.79 Å². The van der Waals surface area contributed by atoms with E-state index >= 15 is 0 Å². The van der Waals surface area contributed by atoms with Crippen LogP contribution in [0.15, 0.2) is 41.4 Å². The van der Waals surface area contributed by atoms with Crippen LogP contribution in [0.1, 0.15) is 5.56 Å². The van der Waals surface area contributed by atoms with E-state index in [0.717, 1.165) is 21.5 Å². The number of aryl methyl sites for hydroxylation is 1. The number of rotatable bonds is 3. The van der Waals surface area contributed by atoms with Crippen molar-refractivity contribution < 1.29 is 19.0 Å². The molecule has 0 unspecified atom stereocenters. The van der Waals surface area contributed by atoms with E-state index in [4.69, 9.17) is 14.2 Å². The normalized spacial score (nSPS) is 13.4. The van der Waals surface area contributed by atoms with Gasteiger partial charge in [0, 0.05) is 7.05 Å². The van der Waals surface area contributed by atoms with E-state index in [-0.39, 0.29) is 19.1 Å². The molecule has 4 rings (SSSR count). The zero-order valence-electron chi connectivity index (χ0n) is 13.8. The first-order chi connectivity index (χ1) is 12.2. The van der Waals surface area contributed by atoms with Gasteiger partial charge in [0.25, 0.3) is 5.91 Å². The summed E-state index contributed by atoms with van der Waals surface area (Å²) in [7, 11) is 3.52. The quantitative estimate of drug-likeness (QED) is 0.724. The number of benzene rings is 2. The first kappa shape index (κ1) is 15.7. The van der Waals surface area contributed by atoms with Crippen LogP contribution in [0.25, 0.3) is 10.2 Å². The van der Waals surface area contributed by atoms with E-state index in [0.29, 0.717) is 16.3 Å². The van der Waals surface area contributed by atoms with Crippen LogP contribution in [-0.4, -0.2) is 24.4 Å². The van der Waals surface area contributed by atoms with Gasteiger partial charge in [0.05, 0.1) is 18.2 Å². The number of fused-ring (bicyclic) bond motifs is 2. The van der Waals surface area contributed by atoms with Crippen LogP contribution in [-0.2, 0) is 18.3 Å². The first-order valence-corrected chi connectivity index (χ1v) is 8.56. The standard InChI is InChI=1S/C18H16N2O4S/c1-20-17-13(22-2)4-3-5-15(17)25-18(20)19-16(21)9-11-6-7-12-14(8-11)24-10-23-12/h3-8H,9-10H2,1-2H3. The van der Waals surface area contributed by atoms with E-state index in [1.165, 1.54) is 11.3 Å². The van der Waals surface area contributed by atoms with Crippen molar-refractivity contribution in [1.29, 1.82) is 0 Å². The Balaban J connectivity index is 1.65. The lowest BCUT2D eigenvalue weighted by Gasteiger charge is -2.03. The summed E-state index contributed by atoms with van der Waals surface area (Å²) in [4.78, 5) is 17.3. The number of hydrogen-bond donors (Lipinski definition) is 0. The van der Waals surface area contributed by atoms with E-state index < -0.39 is 0 Å². The monoisotopic (exact) mass is 356 g/mol. The minimum atomic E-state index is -0.208. The molecule has 0 saturated heterocycles. The SMILES string of the molecule is COc1cccc2sc(=NC(=O)Cc3ccc4c(c3)OCO4)n(C)c12. The van der Waals surface area contributed by atoms with Crippen molar-refractivity contribution in [2.24, 2.45) is 12.0 Å². The minimum absolute atomic E-state index is 0.208. The molecule has 0 radical (unpaired) electrons. The van der Waals surface area contributed by atoms with Gasteiger partial charge in [0.15, 0.2) is 16.3 Å². The Labute approximate surface area is 147 Å². The molecule has 0 bridgehead atoms. The molecule has 0 spiro atoms. The Hall–Kier alpha value is -2.80. The summed E-state index contributed by atoms with van der Waals surface area (Å²) in [6.07, 6.45) is 0.210. The summed E-state index contributed by atoms with van der Waals surface area (Å²) in [5, 5.41) is 0. The third-order valence-electron chi connectivity index (χ3n) is 4.02. The van der Waals surface area contributed by atoms with Crippen LogP contribution in [0.3, 0.4) is 0 Å². The lowest BCUT2D eigenvalue weighted by Crippen LogP contribution is -2.14. The second-order valence-corrected chi connectivity index (χ2v) is 6.63. The number of aromatic nitrogens is 1. The van der Waals surface area contributed by atoms with Gasteiger partial charge in [-0.05, 0) is 29.8 Å². The van der Waals surface area contributed by atoms with Crippen LogP contribution in [0, 0.1) is 0 Å². The molecule has 2 aromatic carbocycles. The Bertz CT molecular complexity index is 1040. The molecule has 2 heterocycles. The van der Waals surface area contributed by atoms with Crippen molar-refractivity contribution in [3.8, 4) is 17.2 Å². The molecule has 6 nitrogen and oxygen atoms in total. The molecule has 0 aliphatic carbocycles. The highest BCUT2D eigenvalue weighted by Gasteiger charge is 2.15. The van der Waals surface area contributed by atoms with Gasteiger partial charge in [-0.25, -0.2) is 0 Å². The summed E-state index contributed by atoms with van der Waals surface area (Å²) in [6.45, 7) is 0.219. The van der Waals surface area contributed by atoms with Gasteiger partial charge in [-0.3, -0.25) is 4.79 Å².